The second kappa shape index (κ2) is 9.07. The van der Waals surface area contributed by atoms with E-state index in [4.69, 9.17) is 4.74 Å². The molecule has 0 aliphatic rings. The topological polar surface area (TPSA) is 38.3 Å². The van der Waals surface area contributed by atoms with Crippen LogP contribution in [0.3, 0.4) is 0 Å². The highest BCUT2D eigenvalue weighted by atomic mass is 16.5. The molecule has 2 aromatic rings. The molecule has 0 heterocycles. The number of rotatable bonds is 7. The zero-order valence-corrected chi connectivity index (χ0v) is 15.5. The van der Waals surface area contributed by atoms with E-state index in [2.05, 4.69) is 43.4 Å². The summed E-state index contributed by atoms with van der Waals surface area (Å²) in [5, 5.41) is 3.22. The predicted molar refractivity (Wildman–Crippen MR) is 104 cm³/mol. The van der Waals surface area contributed by atoms with Crippen LogP contribution in [0.5, 0.6) is 0 Å². The Morgan fingerprint density at radius 1 is 1.00 bits per heavy atom. The van der Waals surface area contributed by atoms with Crippen LogP contribution in [0.15, 0.2) is 60.3 Å². The number of allylic oxidation sites excluding steroid dienone is 1. The van der Waals surface area contributed by atoms with Crippen molar-refractivity contribution in [3.63, 3.8) is 0 Å². The van der Waals surface area contributed by atoms with E-state index in [1.807, 2.05) is 44.2 Å². The molecule has 2 rings (SSSR count). The van der Waals surface area contributed by atoms with Gasteiger partial charge in [-0.25, -0.2) is 4.79 Å². The maximum Gasteiger partial charge on any atom is 0.354 e. The Morgan fingerprint density at radius 2 is 1.56 bits per heavy atom. The van der Waals surface area contributed by atoms with Gasteiger partial charge >= 0.3 is 5.97 Å². The van der Waals surface area contributed by atoms with Crippen LogP contribution < -0.4 is 5.32 Å². The Kier molecular flexibility index (Phi) is 6.81. The first-order valence-electron chi connectivity index (χ1n) is 8.82. The van der Waals surface area contributed by atoms with Crippen molar-refractivity contribution in [2.75, 3.05) is 11.9 Å². The summed E-state index contributed by atoms with van der Waals surface area (Å²) in [4.78, 5) is 12.4. The molecule has 0 amide bonds. The first kappa shape index (κ1) is 18.8. The average molecular weight is 337 g/mol. The fourth-order valence-electron chi connectivity index (χ4n) is 2.63. The van der Waals surface area contributed by atoms with Gasteiger partial charge in [0.25, 0.3) is 0 Å². The molecule has 0 radical (unpaired) electrons. The quantitative estimate of drug-likeness (QED) is 0.546. The molecule has 1 unspecified atom stereocenters. The van der Waals surface area contributed by atoms with Crippen LogP contribution in [-0.4, -0.2) is 12.6 Å². The number of hydrogen-bond acceptors (Lipinski definition) is 3. The van der Waals surface area contributed by atoms with Gasteiger partial charge in [0.1, 0.15) is 5.70 Å². The number of benzene rings is 2. The molecule has 0 bridgehead atoms. The standard InChI is InChI=1S/C22H27NO2/c1-5-18(19-11-7-16(3)8-12-19)15-21(22(24)25-6-2)23-20-13-9-17(4)10-14-20/h7-15,18,23H,5-6H2,1-4H3/b21-15-. The number of anilines is 1. The summed E-state index contributed by atoms with van der Waals surface area (Å²) in [6, 6.07) is 16.4. The molecule has 0 aliphatic carbocycles. The van der Waals surface area contributed by atoms with Crippen molar-refractivity contribution in [3.8, 4) is 0 Å². The Morgan fingerprint density at radius 3 is 2.08 bits per heavy atom. The van der Waals surface area contributed by atoms with Crippen LogP contribution in [0.25, 0.3) is 0 Å². The van der Waals surface area contributed by atoms with Gasteiger partial charge in [-0.2, -0.15) is 0 Å². The third kappa shape index (κ3) is 5.49. The molecule has 2 aromatic carbocycles. The largest absolute Gasteiger partial charge is 0.461 e. The minimum Gasteiger partial charge on any atom is -0.461 e. The normalized spacial score (nSPS) is 12.6. The van der Waals surface area contributed by atoms with E-state index in [0.29, 0.717) is 12.3 Å². The van der Waals surface area contributed by atoms with Crippen LogP contribution in [0.2, 0.25) is 0 Å². The summed E-state index contributed by atoms with van der Waals surface area (Å²) < 4.78 is 5.23. The molecule has 0 spiro atoms. The lowest BCUT2D eigenvalue weighted by Crippen LogP contribution is -2.16. The highest BCUT2D eigenvalue weighted by Gasteiger charge is 2.15. The Bertz CT molecular complexity index is 715. The van der Waals surface area contributed by atoms with Gasteiger partial charge in [-0.3, -0.25) is 0 Å². The third-order valence-electron chi connectivity index (χ3n) is 4.14. The van der Waals surface area contributed by atoms with E-state index in [9.17, 15) is 4.79 Å². The molecular formula is C22H27NO2. The molecule has 3 heteroatoms. The van der Waals surface area contributed by atoms with Crippen molar-refractivity contribution in [2.24, 2.45) is 0 Å². The highest BCUT2D eigenvalue weighted by molar-refractivity contribution is 5.92. The minimum atomic E-state index is -0.325. The molecule has 0 saturated heterocycles. The maximum absolute atomic E-state index is 12.4. The number of esters is 1. The summed E-state index contributed by atoms with van der Waals surface area (Å²) in [6.07, 6.45) is 2.88. The fourth-order valence-corrected chi connectivity index (χ4v) is 2.63. The molecule has 1 atom stereocenters. The van der Waals surface area contributed by atoms with Crippen LogP contribution in [0, 0.1) is 13.8 Å². The van der Waals surface area contributed by atoms with Crippen molar-refractivity contribution >= 4 is 11.7 Å². The second-order valence-electron chi connectivity index (χ2n) is 6.22. The highest BCUT2D eigenvalue weighted by Crippen LogP contribution is 2.24. The second-order valence-corrected chi connectivity index (χ2v) is 6.22. The Hall–Kier alpha value is -2.55. The minimum absolute atomic E-state index is 0.151. The number of aryl methyl sites for hydroxylation is 2. The van der Waals surface area contributed by atoms with Crippen molar-refractivity contribution in [1.29, 1.82) is 0 Å². The predicted octanol–water partition coefficient (Wildman–Crippen LogP) is 5.36. The van der Waals surface area contributed by atoms with Gasteiger partial charge in [0, 0.05) is 11.6 Å². The number of ether oxygens (including phenoxy) is 1. The summed E-state index contributed by atoms with van der Waals surface area (Å²) in [7, 11) is 0. The zero-order chi connectivity index (χ0) is 18.2. The molecule has 1 N–H and O–H groups in total. The van der Waals surface area contributed by atoms with Crippen LogP contribution in [-0.2, 0) is 9.53 Å². The lowest BCUT2D eigenvalue weighted by Gasteiger charge is -2.16. The summed E-state index contributed by atoms with van der Waals surface area (Å²) in [6.45, 7) is 8.40. The number of hydrogen-bond donors (Lipinski definition) is 1. The first-order chi connectivity index (χ1) is 12.0. The lowest BCUT2D eigenvalue weighted by molar-refractivity contribution is -0.138. The van der Waals surface area contributed by atoms with Gasteiger partial charge in [0.05, 0.1) is 6.61 Å². The van der Waals surface area contributed by atoms with Crippen molar-refractivity contribution in [1.82, 2.24) is 0 Å². The van der Waals surface area contributed by atoms with Crippen molar-refractivity contribution < 1.29 is 9.53 Å². The molecular weight excluding hydrogens is 310 g/mol. The van der Waals surface area contributed by atoms with Gasteiger partial charge in [-0.1, -0.05) is 54.4 Å². The average Bonchev–Trinajstić information content (AvgIpc) is 2.61. The SMILES string of the molecule is CCOC(=O)/C(=C/C(CC)c1ccc(C)cc1)Nc1ccc(C)cc1. The van der Waals surface area contributed by atoms with Crippen molar-refractivity contribution in [3.05, 3.63) is 77.0 Å². The maximum atomic E-state index is 12.4. The van der Waals surface area contributed by atoms with Gasteiger partial charge in [-0.15, -0.1) is 0 Å². The molecule has 132 valence electrons. The van der Waals surface area contributed by atoms with Crippen LogP contribution >= 0.6 is 0 Å². The molecule has 0 saturated carbocycles. The van der Waals surface area contributed by atoms with E-state index in [1.165, 1.54) is 16.7 Å². The third-order valence-corrected chi connectivity index (χ3v) is 4.14. The van der Waals surface area contributed by atoms with Crippen LogP contribution in [0.1, 0.15) is 42.9 Å². The zero-order valence-electron chi connectivity index (χ0n) is 15.5. The number of carbonyl (C=O) groups is 1. The number of carbonyl (C=O) groups excluding carboxylic acids is 1. The van der Waals surface area contributed by atoms with Crippen molar-refractivity contribution in [2.45, 2.75) is 40.0 Å². The fraction of sp³-hybridized carbons (Fsp3) is 0.318. The van der Waals surface area contributed by atoms with Gasteiger partial charge in [0.15, 0.2) is 0 Å². The first-order valence-corrected chi connectivity index (χ1v) is 8.82. The van der Waals surface area contributed by atoms with Gasteiger partial charge in [0.2, 0.25) is 0 Å². The van der Waals surface area contributed by atoms with E-state index in [1.54, 1.807) is 0 Å². The molecule has 0 aromatic heterocycles. The Labute approximate surface area is 150 Å². The molecule has 0 fully saturated rings. The van der Waals surface area contributed by atoms with E-state index < -0.39 is 0 Å². The molecule has 25 heavy (non-hydrogen) atoms. The van der Waals surface area contributed by atoms with E-state index in [0.717, 1.165) is 12.1 Å². The molecule has 0 aliphatic heterocycles. The summed E-state index contributed by atoms with van der Waals surface area (Å²) in [5.74, 6) is -0.174. The van der Waals surface area contributed by atoms with Crippen LogP contribution in [0.4, 0.5) is 5.69 Å². The number of nitrogens with one attached hydrogen (secondary N) is 1. The lowest BCUT2D eigenvalue weighted by atomic mass is 9.94. The summed E-state index contributed by atoms with van der Waals surface area (Å²) >= 11 is 0. The van der Waals surface area contributed by atoms with Gasteiger partial charge < -0.3 is 10.1 Å². The summed E-state index contributed by atoms with van der Waals surface area (Å²) in [5.41, 5.74) is 4.96. The molecule has 3 nitrogen and oxygen atoms in total. The monoisotopic (exact) mass is 337 g/mol. The van der Waals surface area contributed by atoms with E-state index in [-0.39, 0.29) is 11.9 Å². The van der Waals surface area contributed by atoms with Gasteiger partial charge in [-0.05, 0) is 51.0 Å². The smallest absolute Gasteiger partial charge is 0.354 e. The Balaban J connectivity index is 2.31. The van der Waals surface area contributed by atoms with E-state index >= 15 is 0 Å².